The maximum atomic E-state index is 12.0. The van der Waals surface area contributed by atoms with Gasteiger partial charge in [0.2, 0.25) is 0 Å². The average Bonchev–Trinajstić information content (AvgIpc) is 2.67. The van der Waals surface area contributed by atoms with Gasteiger partial charge in [0.25, 0.3) is 5.91 Å². The summed E-state index contributed by atoms with van der Waals surface area (Å²) < 4.78 is 11.0. The summed E-state index contributed by atoms with van der Waals surface area (Å²) in [4.78, 5) is 13.2. The minimum atomic E-state index is -0.192. The molecular weight excluding hydrogens is 360 g/mol. The SMILES string of the molecule is CCOc1cc(C#N)ccc1OCC(=O)NCCSc1ccc(C)c(C)c1. The smallest absolute Gasteiger partial charge is 0.257 e. The molecule has 0 saturated heterocycles. The minimum Gasteiger partial charge on any atom is -0.490 e. The molecular formula is C21H24N2O3S. The Balaban J connectivity index is 1.76. The van der Waals surface area contributed by atoms with Crippen molar-refractivity contribution in [2.24, 2.45) is 0 Å². The van der Waals surface area contributed by atoms with Crippen LogP contribution in [0.5, 0.6) is 11.5 Å². The maximum Gasteiger partial charge on any atom is 0.257 e. The fourth-order valence-corrected chi connectivity index (χ4v) is 3.19. The first-order valence-corrected chi connectivity index (χ1v) is 9.78. The maximum absolute atomic E-state index is 12.0. The number of nitrogens with one attached hydrogen (secondary N) is 1. The lowest BCUT2D eigenvalue weighted by Crippen LogP contribution is -2.30. The number of thioether (sulfide) groups is 1. The van der Waals surface area contributed by atoms with Crippen LogP contribution in [0.2, 0.25) is 0 Å². The molecule has 5 nitrogen and oxygen atoms in total. The van der Waals surface area contributed by atoms with Gasteiger partial charge in [-0.3, -0.25) is 4.79 Å². The zero-order valence-corrected chi connectivity index (χ0v) is 16.7. The Hall–Kier alpha value is -2.65. The van der Waals surface area contributed by atoms with E-state index in [0.29, 0.717) is 30.2 Å². The summed E-state index contributed by atoms with van der Waals surface area (Å²) in [6, 6.07) is 13.3. The van der Waals surface area contributed by atoms with Crippen molar-refractivity contribution in [3.63, 3.8) is 0 Å². The van der Waals surface area contributed by atoms with E-state index in [9.17, 15) is 4.79 Å². The standard InChI is InChI=1S/C21H24N2O3S/c1-4-25-20-12-17(13-22)6-8-19(20)26-14-21(24)23-9-10-27-18-7-5-15(2)16(3)11-18/h5-8,11-12H,4,9-10,14H2,1-3H3,(H,23,24). The van der Waals surface area contributed by atoms with Gasteiger partial charge >= 0.3 is 0 Å². The lowest BCUT2D eigenvalue weighted by molar-refractivity contribution is -0.122. The van der Waals surface area contributed by atoms with Gasteiger partial charge in [-0.05, 0) is 56.2 Å². The van der Waals surface area contributed by atoms with E-state index in [0.717, 1.165) is 5.75 Å². The fraction of sp³-hybridized carbons (Fsp3) is 0.333. The highest BCUT2D eigenvalue weighted by Crippen LogP contribution is 2.28. The first-order chi connectivity index (χ1) is 13.0. The van der Waals surface area contributed by atoms with Crippen molar-refractivity contribution in [1.29, 1.82) is 5.26 Å². The van der Waals surface area contributed by atoms with Gasteiger partial charge in [-0.25, -0.2) is 0 Å². The van der Waals surface area contributed by atoms with Crippen LogP contribution in [0.15, 0.2) is 41.3 Å². The molecule has 0 saturated carbocycles. The lowest BCUT2D eigenvalue weighted by atomic mass is 10.1. The highest BCUT2D eigenvalue weighted by molar-refractivity contribution is 7.99. The van der Waals surface area contributed by atoms with Crippen molar-refractivity contribution in [3.05, 3.63) is 53.1 Å². The number of carbonyl (C=O) groups excluding carboxylic acids is 1. The molecule has 0 aliphatic carbocycles. The third-order valence-corrected chi connectivity index (χ3v) is 4.90. The Labute approximate surface area is 164 Å². The van der Waals surface area contributed by atoms with Gasteiger partial charge in [-0.15, -0.1) is 11.8 Å². The summed E-state index contributed by atoms with van der Waals surface area (Å²) >= 11 is 1.71. The van der Waals surface area contributed by atoms with E-state index >= 15 is 0 Å². The molecule has 6 heteroatoms. The lowest BCUT2D eigenvalue weighted by Gasteiger charge is -2.12. The highest BCUT2D eigenvalue weighted by Gasteiger charge is 2.09. The van der Waals surface area contributed by atoms with E-state index in [1.807, 2.05) is 6.92 Å². The van der Waals surface area contributed by atoms with Gasteiger partial charge in [0.1, 0.15) is 0 Å². The predicted octanol–water partition coefficient (Wildman–Crippen LogP) is 3.86. The monoisotopic (exact) mass is 384 g/mol. The number of hydrogen-bond donors (Lipinski definition) is 1. The molecule has 0 aliphatic heterocycles. The first kappa shape index (κ1) is 20.7. The topological polar surface area (TPSA) is 71.3 Å². The molecule has 27 heavy (non-hydrogen) atoms. The van der Waals surface area contributed by atoms with Crippen LogP contribution < -0.4 is 14.8 Å². The number of nitriles is 1. The Bertz CT molecular complexity index is 831. The largest absolute Gasteiger partial charge is 0.490 e. The fourth-order valence-electron chi connectivity index (χ4n) is 2.32. The Morgan fingerprint density at radius 2 is 1.93 bits per heavy atom. The van der Waals surface area contributed by atoms with Crippen LogP contribution >= 0.6 is 11.8 Å². The van der Waals surface area contributed by atoms with Crippen molar-refractivity contribution in [1.82, 2.24) is 5.32 Å². The van der Waals surface area contributed by atoms with E-state index in [1.54, 1.807) is 30.0 Å². The molecule has 0 fully saturated rings. The molecule has 0 atom stereocenters. The van der Waals surface area contributed by atoms with E-state index in [-0.39, 0.29) is 12.5 Å². The average molecular weight is 385 g/mol. The zero-order valence-electron chi connectivity index (χ0n) is 15.9. The van der Waals surface area contributed by atoms with Crippen LogP contribution in [0.25, 0.3) is 0 Å². The van der Waals surface area contributed by atoms with E-state index in [4.69, 9.17) is 14.7 Å². The molecule has 0 spiro atoms. The summed E-state index contributed by atoms with van der Waals surface area (Å²) in [5, 5.41) is 11.8. The molecule has 2 aromatic carbocycles. The van der Waals surface area contributed by atoms with Crippen LogP contribution in [0.3, 0.4) is 0 Å². The number of benzene rings is 2. The number of aryl methyl sites for hydroxylation is 2. The number of carbonyl (C=O) groups is 1. The van der Waals surface area contributed by atoms with Crippen LogP contribution in [0, 0.1) is 25.2 Å². The molecule has 2 aromatic rings. The van der Waals surface area contributed by atoms with E-state index in [2.05, 4.69) is 43.4 Å². The number of rotatable bonds is 9. The van der Waals surface area contributed by atoms with Crippen molar-refractivity contribution in [2.45, 2.75) is 25.7 Å². The van der Waals surface area contributed by atoms with Crippen molar-refractivity contribution in [2.75, 3.05) is 25.5 Å². The van der Waals surface area contributed by atoms with Crippen LogP contribution in [0.4, 0.5) is 0 Å². The number of hydrogen-bond acceptors (Lipinski definition) is 5. The molecule has 142 valence electrons. The minimum absolute atomic E-state index is 0.0969. The van der Waals surface area contributed by atoms with Crippen LogP contribution in [0.1, 0.15) is 23.6 Å². The second-order valence-electron chi connectivity index (χ2n) is 5.94. The molecule has 0 radical (unpaired) electrons. The van der Waals surface area contributed by atoms with Gasteiger partial charge in [-0.2, -0.15) is 5.26 Å². The molecule has 0 aromatic heterocycles. The number of ether oxygens (including phenoxy) is 2. The molecule has 1 N–H and O–H groups in total. The van der Waals surface area contributed by atoms with Crippen molar-refractivity contribution < 1.29 is 14.3 Å². The Morgan fingerprint density at radius 1 is 1.11 bits per heavy atom. The van der Waals surface area contributed by atoms with Crippen molar-refractivity contribution in [3.8, 4) is 17.6 Å². The van der Waals surface area contributed by atoms with Gasteiger partial charge in [0, 0.05) is 23.3 Å². The molecule has 0 unspecified atom stereocenters. The summed E-state index contributed by atoms with van der Waals surface area (Å²) in [6.07, 6.45) is 0. The molecule has 0 bridgehead atoms. The third-order valence-electron chi connectivity index (χ3n) is 3.90. The molecule has 1 amide bonds. The first-order valence-electron chi connectivity index (χ1n) is 8.80. The summed E-state index contributed by atoms with van der Waals surface area (Å²) in [6.45, 7) is 6.95. The number of nitrogens with zero attached hydrogens (tertiary/aromatic N) is 1. The zero-order chi connectivity index (χ0) is 19.6. The normalized spacial score (nSPS) is 10.1. The van der Waals surface area contributed by atoms with Crippen molar-refractivity contribution >= 4 is 17.7 Å². The summed E-state index contributed by atoms with van der Waals surface area (Å²) in [5.41, 5.74) is 3.03. The highest BCUT2D eigenvalue weighted by atomic mass is 32.2. The van der Waals surface area contributed by atoms with Crippen LogP contribution in [-0.4, -0.2) is 31.4 Å². The molecule has 0 aliphatic rings. The predicted molar refractivity (Wildman–Crippen MR) is 107 cm³/mol. The Morgan fingerprint density at radius 3 is 2.63 bits per heavy atom. The summed E-state index contributed by atoms with van der Waals surface area (Å²) in [7, 11) is 0. The van der Waals surface area contributed by atoms with E-state index in [1.165, 1.54) is 16.0 Å². The summed E-state index contributed by atoms with van der Waals surface area (Å²) in [5.74, 6) is 1.52. The van der Waals surface area contributed by atoms with Gasteiger partial charge in [-0.1, -0.05) is 6.07 Å². The Kier molecular flexibility index (Phi) is 8.02. The van der Waals surface area contributed by atoms with Gasteiger partial charge in [0.15, 0.2) is 18.1 Å². The molecule has 2 rings (SSSR count). The quantitative estimate of drug-likeness (QED) is 0.525. The molecule has 0 heterocycles. The van der Waals surface area contributed by atoms with E-state index < -0.39 is 0 Å². The van der Waals surface area contributed by atoms with Crippen LogP contribution in [-0.2, 0) is 4.79 Å². The van der Waals surface area contributed by atoms with Gasteiger partial charge < -0.3 is 14.8 Å². The van der Waals surface area contributed by atoms with Gasteiger partial charge in [0.05, 0.1) is 18.2 Å². The second-order valence-corrected chi connectivity index (χ2v) is 7.11. The second kappa shape index (κ2) is 10.5. The third kappa shape index (κ3) is 6.54. The number of amides is 1.